The lowest BCUT2D eigenvalue weighted by Gasteiger charge is -2.08. The van der Waals surface area contributed by atoms with Crippen LogP contribution in [-0.2, 0) is 4.74 Å². The third-order valence-corrected chi connectivity index (χ3v) is 2.56. The first kappa shape index (κ1) is 14.1. The van der Waals surface area contributed by atoms with Crippen molar-refractivity contribution in [3.8, 4) is 5.69 Å². The first-order chi connectivity index (χ1) is 9.54. The highest BCUT2D eigenvalue weighted by Gasteiger charge is 2.26. The van der Waals surface area contributed by atoms with Crippen molar-refractivity contribution in [1.29, 1.82) is 0 Å². The minimum absolute atomic E-state index is 0.0622. The van der Waals surface area contributed by atoms with Crippen molar-refractivity contribution in [1.82, 2.24) is 9.78 Å². The lowest BCUT2D eigenvalue weighted by Crippen LogP contribution is -2.10. The molecule has 0 aliphatic carbocycles. The Kier molecular flexibility index (Phi) is 4.07. The van der Waals surface area contributed by atoms with Gasteiger partial charge >= 0.3 is 5.97 Å². The maximum Gasteiger partial charge on any atom is 0.341 e. The number of esters is 1. The molecule has 0 radical (unpaired) electrons. The Morgan fingerprint density at radius 2 is 2.20 bits per heavy atom. The van der Waals surface area contributed by atoms with Crippen molar-refractivity contribution in [3.63, 3.8) is 0 Å². The van der Waals surface area contributed by atoms with Crippen LogP contribution in [0.1, 0.15) is 29.4 Å². The molecule has 7 heteroatoms. The number of aromatic nitrogens is 2. The molecule has 0 amide bonds. The maximum atomic E-state index is 13.2. The van der Waals surface area contributed by atoms with E-state index >= 15 is 0 Å². The highest BCUT2D eigenvalue weighted by molar-refractivity contribution is 5.90. The van der Waals surface area contributed by atoms with Crippen molar-refractivity contribution in [2.45, 2.75) is 13.3 Å². The Hall–Kier alpha value is -2.31. The average Bonchev–Trinajstić information content (AvgIpc) is 2.83. The van der Waals surface area contributed by atoms with Gasteiger partial charge in [-0.3, -0.25) is 0 Å². The van der Waals surface area contributed by atoms with Crippen LogP contribution in [0.25, 0.3) is 5.69 Å². The van der Waals surface area contributed by atoms with Gasteiger partial charge in [-0.05, 0) is 25.1 Å². The summed E-state index contributed by atoms with van der Waals surface area (Å²) in [5, 5.41) is 3.72. The highest BCUT2D eigenvalue weighted by Crippen LogP contribution is 2.26. The first-order valence-corrected chi connectivity index (χ1v) is 5.83. The van der Waals surface area contributed by atoms with Gasteiger partial charge in [-0.25, -0.2) is 22.6 Å². The fraction of sp³-hybridized carbons (Fsp3) is 0.231. The van der Waals surface area contributed by atoms with Crippen LogP contribution in [0.2, 0.25) is 0 Å². The molecule has 0 aliphatic heterocycles. The van der Waals surface area contributed by atoms with E-state index in [-0.39, 0.29) is 17.9 Å². The molecular weight excluding hydrogens is 273 g/mol. The third kappa shape index (κ3) is 2.66. The van der Waals surface area contributed by atoms with Gasteiger partial charge in [-0.1, -0.05) is 6.07 Å². The summed E-state index contributed by atoms with van der Waals surface area (Å²) >= 11 is 0. The van der Waals surface area contributed by atoms with E-state index in [1.165, 1.54) is 18.2 Å². The van der Waals surface area contributed by atoms with Crippen LogP contribution in [0.3, 0.4) is 0 Å². The van der Waals surface area contributed by atoms with Crippen LogP contribution in [0.15, 0.2) is 30.5 Å². The SMILES string of the molecule is CCOC(=O)c1cnn(-c2cccc(F)c2)c1C(F)F. The van der Waals surface area contributed by atoms with Gasteiger partial charge in [0.05, 0.1) is 18.5 Å². The quantitative estimate of drug-likeness (QED) is 0.810. The second-order valence-electron chi connectivity index (χ2n) is 3.86. The Balaban J connectivity index is 2.52. The summed E-state index contributed by atoms with van der Waals surface area (Å²) in [5.41, 5.74) is -0.837. The number of carbonyl (C=O) groups excluding carboxylic acids is 1. The van der Waals surface area contributed by atoms with E-state index in [0.29, 0.717) is 0 Å². The Labute approximate surface area is 112 Å². The fourth-order valence-electron chi connectivity index (χ4n) is 1.75. The van der Waals surface area contributed by atoms with E-state index in [9.17, 15) is 18.0 Å². The molecule has 0 N–H and O–H groups in total. The van der Waals surface area contributed by atoms with E-state index in [0.717, 1.165) is 16.9 Å². The molecule has 2 aromatic rings. The molecule has 1 aromatic carbocycles. The largest absolute Gasteiger partial charge is 0.462 e. The molecule has 0 fully saturated rings. The van der Waals surface area contributed by atoms with Gasteiger partial charge in [-0.15, -0.1) is 0 Å². The van der Waals surface area contributed by atoms with Crippen LogP contribution in [-0.4, -0.2) is 22.4 Å². The first-order valence-electron chi connectivity index (χ1n) is 5.83. The van der Waals surface area contributed by atoms with E-state index in [4.69, 9.17) is 4.74 Å². The fourth-order valence-corrected chi connectivity index (χ4v) is 1.75. The van der Waals surface area contributed by atoms with E-state index in [1.54, 1.807) is 6.92 Å². The molecule has 4 nitrogen and oxygen atoms in total. The van der Waals surface area contributed by atoms with Crippen LogP contribution < -0.4 is 0 Å². The summed E-state index contributed by atoms with van der Waals surface area (Å²) in [5.74, 6) is -1.47. The number of rotatable bonds is 4. The van der Waals surface area contributed by atoms with E-state index < -0.39 is 23.9 Å². The number of alkyl halides is 2. The number of hydrogen-bond acceptors (Lipinski definition) is 3. The molecule has 1 heterocycles. The van der Waals surface area contributed by atoms with Crippen molar-refractivity contribution >= 4 is 5.97 Å². The number of benzene rings is 1. The standard InChI is InChI=1S/C13H11F3N2O2/c1-2-20-13(19)10-7-17-18(11(10)12(15)16)9-5-3-4-8(14)6-9/h3-7,12H,2H2,1H3. The van der Waals surface area contributed by atoms with Crippen molar-refractivity contribution < 1.29 is 22.7 Å². The minimum atomic E-state index is -2.94. The molecule has 0 saturated heterocycles. The summed E-state index contributed by atoms with van der Waals surface area (Å²) in [6.45, 7) is 1.63. The lowest BCUT2D eigenvalue weighted by atomic mass is 10.2. The molecule has 0 spiro atoms. The van der Waals surface area contributed by atoms with Gasteiger partial charge in [0, 0.05) is 0 Å². The van der Waals surface area contributed by atoms with Gasteiger partial charge in [-0.2, -0.15) is 5.10 Å². The zero-order chi connectivity index (χ0) is 14.7. The number of nitrogens with zero attached hydrogens (tertiary/aromatic N) is 2. The summed E-state index contributed by atoms with van der Waals surface area (Å²) in [6.07, 6.45) is -1.95. The zero-order valence-corrected chi connectivity index (χ0v) is 10.5. The predicted molar refractivity (Wildman–Crippen MR) is 64.4 cm³/mol. The molecule has 0 bridgehead atoms. The Morgan fingerprint density at radius 3 is 2.80 bits per heavy atom. The van der Waals surface area contributed by atoms with Crippen LogP contribution in [0.4, 0.5) is 13.2 Å². The number of halogens is 3. The predicted octanol–water partition coefficient (Wildman–Crippen LogP) is 3.13. The normalized spacial score (nSPS) is 10.8. The van der Waals surface area contributed by atoms with Crippen molar-refractivity contribution in [2.75, 3.05) is 6.61 Å². The molecule has 0 saturated carbocycles. The van der Waals surface area contributed by atoms with Gasteiger partial charge in [0.1, 0.15) is 17.1 Å². The second-order valence-corrected chi connectivity index (χ2v) is 3.86. The van der Waals surface area contributed by atoms with Crippen LogP contribution in [0.5, 0.6) is 0 Å². The summed E-state index contributed by atoms with van der Waals surface area (Å²) in [4.78, 5) is 11.6. The molecule has 0 aliphatic rings. The summed E-state index contributed by atoms with van der Waals surface area (Å²) < 4.78 is 45.0. The molecule has 1 aromatic heterocycles. The number of ether oxygens (including phenoxy) is 1. The smallest absolute Gasteiger partial charge is 0.341 e. The number of carbonyl (C=O) groups is 1. The molecule has 2 rings (SSSR count). The maximum absolute atomic E-state index is 13.2. The molecule has 0 atom stereocenters. The van der Waals surface area contributed by atoms with E-state index in [2.05, 4.69) is 5.10 Å². The van der Waals surface area contributed by atoms with Gasteiger partial charge in [0.2, 0.25) is 0 Å². The van der Waals surface area contributed by atoms with Crippen LogP contribution in [0, 0.1) is 5.82 Å². The highest BCUT2D eigenvalue weighted by atomic mass is 19.3. The van der Waals surface area contributed by atoms with Gasteiger partial charge < -0.3 is 4.74 Å². The lowest BCUT2D eigenvalue weighted by molar-refractivity contribution is 0.0514. The summed E-state index contributed by atoms with van der Waals surface area (Å²) in [7, 11) is 0. The number of hydrogen-bond donors (Lipinski definition) is 0. The van der Waals surface area contributed by atoms with Gasteiger partial charge in [0.15, 0.2) is 0 Å². The monoisotopic (exact) mass is 284 g/mol. The Bertz CT molecular complexity index is 626. The van der Waals surface area contributed by atoms with E-state index in [1.807, 2.05) is 0 Å². The minimum Gasteiger partial charge on any atom is -0.462 e. The summed E-state index contributed by atoms with van der Waals surface area (Å²) in [6, 6.07) is 5.01. The topological polar surface area (TPSA) is 44.1 Å². The van der Waals surface area contributed by atoms with Crippen molar-refractivity contribution in [2.24, 2.45) is 0 Å². The Morgan fingerprint density at radius 1 is 1.45 bits per heavy atom. The van der Waals surface area contributed by atoms with Crippen LogP contribution >= 0.6 is 0 Å². The average molecular weight is 284 g/mol. The molecule has 0 unspecified atom stereocenters. The van der Waals surface area contributed by atoms with Crippen molar-refractivity contribution in [3.05, 3.63) is 47.5 Å². The zero-order valence-electron chi connectivity index (χ0n) is 10.5. The molecule has 20 heavy (non-hydrogen) atoms. The third-order valence-electron chi connectivity index (χ3n) is 2.56. The molecular formula is C13H11F3N2O2. The molecule has 106 valence electrons. The second kappa shape index (κ2) is 5.77. The van der Waals surface area contributed by atoms with Gasteiger partial charge in [0.25, 0.3) is 6.43 Å².